The lowest BCUT2D eigenvalue weighted by Crippen LogP contribution is -2.47. The Labute approximate surface area is 191 Å². The molecule has 1 aromatic heterocycles. The van der Waals surface area contributed by atoms with Crippen LogP contribution >= 0.6 is 0 Å². The number of hydrogen-bond acceptors (Lipinski definition) is 7. The molecule has 0 radical (unpaired) electrons. The zero-order valence-corrected chi connectivity index (χ0v) is 18.2. The van der Waals surface area contributed by atoms with E-state index in [4.69, 9.17) is 9.47 Å². The number of fused-ring (bicyclic) bond motifs is 1. The predicted molar refractivity (Wildman–Crippen MR) is 121 cm³/mol. The molecule has 1 amide bonds. The van der Waals surface area contributed by atoms with Gasteiger partial charge in [0.2, 0.25) is 5.88 Å². The second-order valence-corrected chi connectivity index (χ2v) is 8.06. The number of hydrogen-bond donors (Lipinski definition) is 1. The van der Waals surface area contributed by atoms with E-state index in [1.807, 2.05) is 18.2 Å². The summed E-state index contributed by atoms with van der Waals surface area (Å²) in [6.07, 6.45) is 1.49. The second-order valence-electron chi connectivity index (χ2n) is 8.06. The average Bonchev–Trinajstić information content (AvgIpc) is 2.84. The third kappa shape index (κ3) is 4.73. The number of rotatable bonds is 5. The number of piperazine rings is 1. The molecule has 1 N–H and O–H groups in total. The van der Waals surface area contributed by atoms with Gasteiger partial charge in [-0.2, -0.15) is 0 Å². The van der Waals surface area contributed by atoms with E-state index >= 15 is 0 Å². The van der Waals surface area contributed by atoms with Crippen LogP contribution in [0.1, 0.15) is 18.5 Å². The number of nitrogens with zero attached hydrogens (tertiary/aromatic N) is 4. The summed E-state index contributed by atoms with van der Waals surface area (Å²) >= 11 is 0. The van der Waals surface area contributed by atoms with Gasteiger partial charge in [-0.15, -0.1) is 0 Å². The number of aromatic nitrogens is 2. The Morgan fingerprint density at radius 1 is 1.06 bits per heavy atom. The lowest BCUT2D eigenvalue weighted by Gasteiger charge is -2.38. The molecule has 5 rings (SSSR count). The highest BCUT2D eigenvalue weighted by atomic mass is 19.1. The SMILES string of the molecule is CC(c1ccc(F)cc1)N1CCN(c2cc(Oc3ccc4c(c3)NC(=O)CO4)ncn2)CC1. The van der Waals surface area contributed by atoms with Crippen LogP contribution in [0.15, 0.2) is 54.9 Å². The Hall–Kier alpha value is -3.72. The molecule has 0 aliphatic carbocycles. The summed E-state index contributed by atoms with van der Waals surface area (Å²) in [5.74, 6) is 1.96. The van der Waals surface area contributed by atoms with Crippen LogP contribution in [0.4, 0.5) is 15.9 Å². The van der Waals surface area contributed by atoms with Crippen LogP contribution in [0.5, 0.6) is 17.4 Å². The monoisotopic (exact) mass is 449 g/mol. The normalized spacial score (nSPS) is 17.0. The standard InChI is InChI=1S/C24H24FN5O3/c1-16(17-2-4-18(25)5-3-17)29-8-10-30(11-9-29)22-13-24(27-15-26-22)33-19-6-7-21-20(12-19)28-23(31)14-32-21/h2-7,12-13,15-16H,8-11,14H2,1H3,(H,28,31). The Bertz CT molecular complexity index is 1150. The van der Waals surface area contributed by atoms with Crippen LogP contribution in [-0.2, 0) is 4.79 Å². The first-order chi connectivity index (χ1) is 16.0. The molecule has 0 saturated carbocycles. The Morgan fingerprint density at radius 2 is 1.85 bits per heavy atom. The van der Waals surface area contributed by atoms with Gasteiger partial charge in [0, 0.05) is 44.4 Å². The van der Waals surface area contributed by atoms with Crippen molar-refractivity contribution in [2.24, 2.45) is 0 Å². The smallest absolute Gasteiger partial charge is 0.262 e. The van der Waals surface area contributed by atoms with E-state index in [2.05, 4.69) is 32.0 Å². The topological polar surface area (TPSA) is 79.8 Å². The van der Waals surface area contributed by atoms with Crippen molar-refractivity contribution in [3.63, 3.8) is 0 Å². The zero-order valence-electron chi connectivity index (χ0n) is 18.2. The molecule has 2 aliphatic heterocycles. The number of halogens is 1. The van der Waals surface area contributed by atoms with Gasteiger partial charge in [-0.1, -0.05) is 12.1 Å². The van der Waals surface area contributed by atoms with Crippen molar-refractivity contribution in [2.45, 2.75) is 13.0 Å². The molecule has 33 heavy (non-hydrogen) atoms. The van der Waals surface area contributed by atoms with E-state index in [-0.39, 0.29) is 24.4 Å². The minimum atomic E-state index is -0.217. The van der Waals surface area contributed by atoms with Crippen molar-refractivity contribution in [1.29, 1.82) is 0 Å². The molecule has 0 spiro atoms. The maximum absolute atomic E-state index is 13.2. The van der Waals surface area contributed by atoms with Gasteiger partial charge in [-0.3, -0.25) is 9.69 Å². The Morgan fingerprint density at radius 3 is 2.64 bits per heavy atom. The molecular weight excluding hydrogens is 425 g/mol. The van der Waals surface area contributed by atoms with Gasteiger partial charge in [0.25, 0.3) is 5.91 Å². The second kappa shape index (κ2) is 9.03. The van der Waals surface area contributed by atoms with Gasteiger partial charge >= 0.3 is 0 Å². The molecule has 1 fully saturated rings. The first-order valence-electron chi connectivity index (χ1n) is 10.9. The van der Waals surface area contributed by atoms with E-state index in [0.717, 1.165) is 37.6 Å². The van der Waals surface area contributed by atoms with Crippen LogP contribution in [-0.4, -0.2) is 53.6 Å². The maximum atomic E-state index is 13.2. The molecule has 1 unspecified atom stereocenters. The van der Waals surface area contributed by atoms with Gasteiger partial charge in [-0.25, -0.2) is 14.4 Å². The van der Waals surface area contributed by atoms with E-state index in [1.165, 1.54) is 18.5 Å². The Kier molecular flexibility index (Phi) is 5.78. The van der Waals surface area contributed by atoms with Gasteiger partial charge < -0.3 is 19.7 Å². The summed E-state index contributed by atoms with van der Waals surface area (Å²) in [5.41, 5.74) is 1.68. The molecular formula is C24H24FN5O3. The number of anilines is 2. The predicted octanol–water partition coefficient (Wildman–Crippen LogP) is 3.62. The minimum absolute atomic E-state index is 0.0123. The van der Waals surface area contributed by atoms with Crippen molar-refractivity contribution in [3.8, 4) is 17.4 Å². The van der Waals surface area contributed by atoms with Crippen LogP contribution in [0.25, 0.3) is 0 Å². The highest BCUT2D eigenvalue weighted by Gasteiger charge is 2.23. The molecule has 9 heteroatoms. The van der Waals surface area contributed by atoms with E-state index in [9.17, 15) is 9.18 Å². The molecule has 2 aliphatic rings. The zero-order chi connectivity index (χ0) is 22.8. The fourth-order valence-electron chi connectivity index (χ4n) is 4.10. The largest absolute Gasteiger partial charge is 0.482 e. The number of carbonyl (C=O) groups is 1. The van der Waals surface area contributed by atoms with Crippen LogP contribution in [0.2, 0.25) is 0 Å². The van der Waals surface area contributed by atoms with Gasteiger partial charge in [0.05, 0.1) is 5.69 Å². The molecule has 0 bridgehead atoms. The number of nitrogens with one attached hydrogen (secondary N) is 1. The summed E-state index contributed by atoms with van der Waals surface area (Å²) in [4.78, 5) is 24.8. The molecule has 170 valence electrons. The van der Waals surface area contributed by atoms with Gasteiger partial charge in [0.1, 0.15) is 29.5 Å². The first kappa shape index (κ1) is 21.1. The quantitative estimate of drug-likeness (QED) is 0.637. The molecule has 2 aromatic carbocycles. The average molecular weight is 449 g/mol. The fraction of sp³-hybridized carbons (Fsp3) is 0.292. The highest BCUT2D eigenvalue weighted by Crippen LogP contribution is 2.33. The minimum Gasteiger partial charge on any atom is -0.482 e. The number of amides is 1. The Balaban J connectivity index is 1.22. The third-order valence-corrected chi connectivity index (χ3v) is 5.97. The summed E-state index contributed by atoms with van der Waals surface area (Å²) in [7, 11) is 0. The van der Waals surface area contributed by atoms with E-state index < -0.39 is 0 Å². The number of ether oxygens (including phenoxy) is 2. The lowest BCUT2D eigenvalue weighted by atomic mass is 10.1. The summed E-state index contributed by atoms with van der Waals surface area (Å²) in [5, 5.41) is 2.77. The highest BCUT2D eigenvalue weighted by molar-refractivity contribution is 5.95. The van der Waals surface area contributed by atoms with Crippen LogP contribution in [0.3, 0.4) is 0 Å². The molecule has 1 atom stereocenters. The van der Waals surface area contributed by atoms with Crippen molar-refractivity contribution < 1.29 is 18.7 Å². The van der Waals surface area contributed by atoms with Crippen molar-refractivity contribution in [3.05, 3.63) is 66.2 Å². The van der Waals surface area contributed by atoms with Gasteiger partial charge in [0.15, 0.2) is 6.61 Å². The number of benzene rings is 2. The fourth-order valence-corrected chi connectivity index (χ4v) is 4.10. The van der Waals surface area contributed by atoms with E-state index in [1.54, 1.807) is 18.2 Å². The summed E-state index contributed by atoms with van der Waals surface area (Å²) in [6, 6.07) is 14.0. The summed E-state index contributed by atoms with van der Waals surface area (Å²) < 4.78 is 24.5. The lowest BCUT2D eigenvalue weighted by molar-refractivity contribution is -0.118. The number of carbonyl (C=O) groups excluding carboxylic acids is 1. The third-order valence-electron chi connectivity index (χ3n) is 5.97. The van der Waals surface area contributed by atoms with Gasteiger partial charge in [-0.05, 0) is 36.8 Å². The molecule has 8 nitrogen and oxygen atoms in total. The van der Waals surface area contributed by atoms with Crippen LogP contribution in [0, 0.1) is 5.82 Å². The maximum Gasteiger partial charge on any atom is 0.262 e. The van der Waals surface area contributed by atoms with Crippen LogP contribution < -0.4 is 19.7 Å². The first-order valence-corrected chi connectivity index (χ1v) is 10.9. The molecule has 3 aromatic rings. The van der Waals surface area contributed by atoms with Crippen molar-refractivity contribution in [2.75, 3.05) is 43.0 Å². The van der Waals surface area contributed by atoms with Crippen molar-refractivity contribution >= 4 is 17.4 Å². The van der Waals surface area contributed by atoms with E-state index in [0.29, 0.717) is 23.1 Å². The summed E-state index contributed by atoms with van der Waals surface area (Å²) in [6.45, 7) is 5.50. The molecule has 3 heterocycles. The molecule has 1 saturated heterocycles. The van der Waals surface area contributed by atoms with Crippen molar-refractivity contribution in [1.82, 2.24) is 14.9 Å².